The van der Waals surface area contributed by atoms with Crippen molar-refractivity contribution in [3.05, 3.63) is 57.8 Å². The van der Waals surface area contributed by atoms with E-state index in [0.717, 1.165) is 12.0 Å². The van der Waals surface area contributed by atoms with E-state index in [4.69, 9.17) is 5.11 Å². The topological polar surface area (TPSA) is 66.4 Å². The van der Waals surface area contributed by atoms with Gasteiger partial charge in [0.15, 0.2) is 0 Å². The van der Waals surface area contributed by atoms with E-state index >= 15 is 0 Å². The molecule has 2 N–H and O–H groups in total. The van der Waals surface area contributed by atoms with Crippen LogP contribution in [0.1, 0.15) is 27.2 Å². The number of rotatable bonds is 6. The SMILES string of the molecule is O=C(CCc1cccs1)NCc1ccc(C(=O)O)cc1. The van der Waals surface area contributed by atoms with E-state index in [1.54, 1.807) is 23.5 Å². The summed E-state index contributed by atoms with van der Waals surface area (Å²) in [5.74, 6) is -0.947. The van der Waals surface area contributed by atoms with Gasteiger partial charge in [0, 0.05) is 17.8 Å². The first-order chi connectivity index (χ1) is 9.65. The third kappa shape index (κ3) is 4.20. The third-order valence-electron chi connectivity index (χ3n) is 2.87. The quantitative estimate of drug-likeness (QED) is 0.859. The van der Waals surface area contributed by atoms with Crippen LogP contribution in [0.15, 0.2) is 41.8 Å². The van der Waals surface area contributed by atoms with Crippen molar-refractivity contribution in [1.29, 1.82) is 0 Å². The second kappa shape index (κ2) is 6.86. The smallest absolute Gasteiger partial charge is 0.335 e. The average molecular weight is 289 g/mol. The summed E-state index contributed by atoms with van der Waals surface area (Å²) < 4.78 is 0. The molecule has 20 heavy (non-hydrogen) atoms. The van der Waals surface area contributed by atoms with Crippen molar-refractivity contribution in [1.82, 2.24) is 5.32 Å². The first kappa shape index (κ1) is 14.3. The molecule has 0 aliphatic carbocycles. The van der Waals surface area contributed by atoms with Crippen molar-refractivity contribution in [3.8, 4) is 0 Å². The molecule has 5 heteroatoms. The van der Waals surface area contributed by atoms with Gasteiger partial charge in [-0.25, -0.2) is 4.79 Å². The number of hydrogen-bond acceptors (Lipinski definition) is 3. The Kier molecular flexibility index (Phi) is 4.90. The lowest BCUT2D eigenvalue weighted by Crippen LogP contribution is -2.22. The van der Waals surface area contributed by atoms with Gasteiger partial charge in [-0.05, 0) is 35.6 Å². The molecule has 0 saturated heterocycles. The van der Waals surface area contributed by atoms with E-state index in [2.05, 4.69) is 5.32 Å². The molecule has 2 aromatic rings. The van der Waals surface area contributed by atoms with Crippen LogP contribution in [0.3, 0.4) is 0 Å². The number of amides is 1. The van der Waals surface area contributed by atoms with Crippen LogP contribution in [0.4, 0.5) is 0 Å². The molecule has 104 valence electrons. The number of carbonyl (C=O) groups is 2. The summed E-state index contributed by atoms with van der Waals surface area (Å²) in [6.07, 6.45) is 1.22. The lowest BCUT2D eigenvalue weighted by Gasteiger charge is -2.05. The summed E-state index contributed by atoms with van der Waals surface area (Å²) in [5.41, 5.74) is 1.14. The molecular weight excluding hydrogens is 274 g/mol. The molecule has 0 unspecified atom stereocenters. The zero-order valence-corrected chi connectivity index (χ0v) is 11.7. The molecule has 0 saturated carbocycles. The van der Waals surface area contributed by atoms with Crippen molar-refractivity contribution in [3.63, 3.8) is 0 Å². The van der Waals surface area contributed by atoms with E-state index in [1.807, 2.05) is 17.5 Å². The van der Waals surface area contributed by atoms with Crippen LogP contribution in [0.5, 0.6) is 0 Å². The molecule has 0 aliphatic rings. The fraction of sp³-hybridized carbons (Fsp3) is 0.200. The highest BCUT2D eigenvalue weighted by Gasteiger charge is 2.04. The Morgan fingerprint density at radius 3 is 2.50 bits per heavy atom. The number of nitrogens with one attached hydrogen (secondary N) is 1. The van der Waals surface area contributed by atoms with Crippen LogP contribution in [0.25, 0.3) is 0 Å². The van der Waals surface area contributed by atoms with Gasteiger partial charge in [-0.1, -0.05) is 18.2 Å². The Labute approximate surface area is 121 Å². The van der Waals surface area contributed by atoms with E-state index in [-0.39, 0.29) is 11.5 Å². The summed E-state index contributed by atoms with van der Waals surface area (Å²) in [6.45, 7) is 0.420. The van der Waals surface area contributed by atoms with E-state index in [1.165, 1.54) is 17.0 Å². The van der Waals surface area contributed by atoms with Gasteiger partial charge in [-0.15, -0.1) is 11.3 Å². The minimum absolute atomic E-state index is 0.000658. The van der Waals surface area contributed by atoms with Crippen LogP contribution in [0, 0.1) is 0 Å². The van der Waals surface area contributed by atoms with Gasteiger partial charge in [-0.2, -0.15) is 0 Å². The largest absolute Gasteiger partial charge is 0.478 e. The number of benzene rings is 1. The molecule has 1 amide bonds. The maximum Gasteiger partial charge on any atom is 0.335 e. The minimum atomic E-state index is -0.948. The molecule has 0 aliphatic heterocycles. The molecule has 0 spiro atoms. The molecule has 1 aromatic heterocycles. The minimum Gasteiger partial charge on any atom is -0.478 e. The molecule has 1 heterocycles. The summed E-state index contributed by atoms with van der Waals surface area (Å²) in [4.78, 5) is 23.6. The fourth-order valence-electron chi connectivity index (χ4n) is 1.75. The fourth-order valence-corrected chi connectivity index (χ4v) is 2.45. The van der Waals surface area contributed by atoms with Gasteiger partial charge in [0.1, 0.15) is 0 Å². The van der Waals surface area contributed by atoms with Gasteiger partial charge in [-0.3, -0.25) is 4.79 Å². The molecule has 0 fully saturated rings. The highest BCUT2D eigenvalue weighted by molar-refractivity contribution is 7.09. The third-order valence-corrected chi connectivity index (χ3v) is 3.81. The molecule has 0 atom stereocenters. The van der Waals surface area contributed by atoms with E-state index < -0.39 is 5.97 Å². The van der Waals surface area contributed by atoms with Crippen LogP contribution in [-0.4, -0.2) is 17.0 Å². The van der Waals surface area contributed by atoms with E-state index in [0.29, 0.717) is 13.0 Å². The molecule has 1 aromatic carbocycles. The molecule has 0 bridgehead atoms. The van der Waals surface area contributed by atoms with Crippen LogP contribution >= 0.6 is 11.3 Å². The van der Waals surface area contributed by atoms with Crippen molar-refractivity contribution >= 4 is 23.2 Å². The summed E-state index contributed by atoms with van der Waals surface area (Å²) in [7, 11) is 0. The predicted octanol–water partition coefficient (Wildman–Crippen LogP) is 2.70. The number of aromatic carboxylic acids is 1. The Morgan fingerprint density at radius 2 is 1.90 bits per heavy atom. The van der Waals surface area contributed by atoms with Gasteiger partial charge in [0.05, 0.1) is 5.56 Å². The monoisotopic (exact) mass is 289 g/mol. The van der Waals surface area contributed by atoms with Gasteiger partial charge in [0.2, 0.25) is 5.91 Å². The normalized spacial score (nSPS) is 10.2. The van der Waals surface area contributed by atoms with Crippen LogP contribution < -0.4 is 5.32 Å². The number of thiophene rings is 1. The van der Waals surface area contributed by atoms with Gasteiger partial charge >= 0.3 is 5.97 Å². The Bertz CT molecular complexity index is 576. The van der Waals surface area contributed by atoms with Crippen LogP contribution in [0.2, 0.25) is 0 Å². The first-order valence-corrected chi connectivity index (χ1v) is 7.14. The Hall–Kier alpha value is -2.14. The highest BCUT2D eigenvalue weighted by Crippen LogP contribution is 2.10. The lowest BCUT2D eigenvalue weighted by atomic mass is 10.1. The van der Waals surface area contributed by atoms with Crippen molar-refractivity contribution in [2.45, 2.75) is 19.4 Å². The second-order valence-electron chi connectivity index (χ2n) is 4.36. The summed E-state index contributed by atoms with van der Waals surface area (Å²) in [5, 5.41) is 13.6. The molecule has 0 radical (unpaired) electrons. The first-order valence-electron chi connectivity index (χ1n) is 6.26. The number of carboxylic acid groups (broad SMARTS) is 1. The summed E-state index contributed by atoms with van der Waals surface area (Å²) in [6, 6.07) is 10.5. The standard InChI is InChI=1S/C15H15NO3S/c17-14(8-7-13-2-1-9-20-13)16-10-11-3-5-12(6-4-11)15(18)19/h1-6,9H,7-8,10H2,(H,16,17)(H,18,19). The zero-order valence-electron chi connectivity index (χ0n) is 10.8. The van der Waals surface area contributed by atoms with Gasteiger partial charge < -0.3 is 10.4 Å². The van der Waals surface area contributed by atoms with Crippen molar-refractivity contribution in [2.75, 3.05) is 0 Å². The zero-order chi connectivity index (χ0) is 14.4. The maximum atomic E-state index is 11.7. The summed E-state index contributed by atoms with van der Waals surface area (Å²) >= 11 is 1.65. The maximum absolute atomic E-state index is 11.7. The highest BCUT2D eigenvalue weighted by atomic mass is 32.1. The van der Waals surface area contributed by atoms with Crippen LogP contribution in [-0.2, 0) is 17.8 Å². The second-order valence-corrected chi connectivity index (χ2v) is 5.39. The van der Waals surface area contributed by atoms with Crippen molar-refractivity contribution < 1.29 is 14.7 Å². The Balaban J connectivity index is 1.76. The van der Waals surface area contributed by atoms with Crippen molar-refractivity contribution in [2.24, 2.45) is 0 Å². The van der Waals surface area contributed by atoms with E-state index in [9.17, 15) is 9.59 Å². The number of hydrogen-bond donors (Lipinski definition) is 2. The number of carboxylic acids is 1. The predicted molar refractivity (Wildman–Crippen MR) is 77.9 cm³/mol. The molecular formula is C15H15NO3S. The van der Waals surface area contributed by atoms with Gasteiger partial charge in [0.25, 0.3) is 0 Å². The lowest BCUT2D eigenvalue weighted by molar-refractivity contribution is -0.121. The number of aryl methyl sites for hydroxylation is 1. The molecule has 4 nitrogen and oxygen atoms in total. The number of carbonyl (C=O) groups excluding carboxylic acids is 1. The average Bonchev–Trinajstić information content (AvgIpc) is 2.96. The Morgan fingerprint density at radius 1 is 1.15 bits per heavy atom. The molecule has 2 rings (SSSR count).